The Hall–Kier alpha value is -3.27. The minimum Gasteiger partial charge on any atom is -0.455 e. The van der Waals surface area contributed by atoms with Crippen LogP contribution in [0.1, 0.15) is 28.8 Å². The van der Waals surface area contributed by atoms with Crippen molar-refractivity contribution in [3.63, 3.8) is 0 Å². The van der Waals surface area contributed by atoms with Gasteiger partial charge in [0.05, 0.1) is 18.1 Å². The van der Waals surface area contributed by atoms with Crippen LogP contribution in [0, 0.1) is 11.3 Å². The van der Waals surface area contributed by atoms with E-state index in [0.29, 0.717) is 29.4 Å². The molecule has 32 heavy (non-hydrogen) atoms. The van der Waals surface area contributed by atoms with Crippen LogP contribution in [0.25, 0.3) is 0 Å². The van der Waals surface area contributed by atoms with E-state index < -0.39 is 5.56 Å². The third-order valence-electron chi connectivity index (χ3n) is 5.27. The molecular weight excluding hydrogens is 449 g/mol. The number of ether oxygens (including phenoxy) is 1. The van der Waals surface area contributed by atoms with Crippen LogP contribution >= 0.6 is 23.2 Å². The number of fused-ring (bicyclic) bond motifs is 1. The minimum absolute atomic E-state index is 0.00390. The fourth-order valence-electron chi connectivity index (χ4n) is 3.74. The summed E-state index contributed by atoms with van der Waals surface area (Å²) in [5.41, 5.74) is 2.54. The van der Waals surface area contributed by atoms with E-state index >= 15 is 0 Å². The highest BCUT2D eigenvalue weighted by molar-refractivity contribution is 6.32. The van der Waals surface area contributed by atoms with E-state index in [1.165, 1.54) is 29.8 Å². The number of benzene rings is 2. The van der Waals surface area contributed by atoms with Gasteiger partial charge in [-0.3, -0.25) is 9.59 Å². The normalized spacial score (nSPS) is 13.1. The molecule has 1 aliphatic heterocycles. The number of carbonyl (C=O) groups excluding carboxylic acids is 1. The van der Waals surface area contributed by atoms with Gasteiger partial charge in [0.15, 0.2) is 5.75 Å². The van der Waals surface area contributed by atoms with Crippen molar-refractivity contribution in [3.05, 3.63) is 91.3 Å². The van der Waals surface area contributed by atoms with Gasteiger partial charge in [-0.1, -0.05) is 47.5 Å². The number of hydrogen-bond donors (Lipinski definition) is 1. The monoisotopic (exact) mass is 467 g/mol. The van der Waals surface area contributed by atoms with Gasteiger partial charge in [0, 0.05) is 29.9 Å². The van der Waals surface area contributed by atoms with Crippen molar-refractivity contribution in [1.29, 1.82) is 5.26 Å². The second-order valence-corrected chi connectivity index (χ2v) is 8.37. The van der Waals surface area contributed by atoms with Crippen molar-refractivity contribution < 1.29 is 9.53 Å². The molecule has 0 bridgehead atoms. The van der Waals surface area contributed by atoms with Crippen LogP contribution < -0.4 is 10.3 Å². The fraction of sp³-hybridized carbons (Fsp3) is 0.208. The Labute approximate surface area is 195 Å². The van der Waals surface area contributed by atoms with Crippen molar-refractivity contribution in [3.8, 4) is 17.6 Å². The van der Waals surface area contributed by atoms with Crippen LogP contribution in [0.2, 0.25) is 10.0 Å². The molecule has 2 aromatic carbocycles. The molecule has 4 rings (SSSR count). The van der Waals surface area contributed by atoms with E-state index in [2.05, 4.69) is 11.1 Å². The number of rotatable bonds is 4. The molecule has 0 radical (unpaired) electrons. The zero-order valence-electron chi connectivity index (χ0n) is 17.0. The minimum atomic E-state index is -0.560. The van der Waals surface area contributed by atoms with E-state index in [0.717, 1.165) is 18.4 Å². The van der Waals surface area contributed by atoms with Gasteiger partial charge >= 0.3 is 0 Å². The molecule has 0 spiro atoms. The zero-order chi connectivity index (χ0) is 22.7. The maximum absolute atomic E-state index is 13.0. The molecule has 0 saturated heterocycles. The summed E-state index contributed by atoms with van der Waals surface area (Å²) in [7, 11) is 0. The number of H-pyrrole nitrogens is 1. The van der Waals surface area contributed by atoms with Gasteiger partial charge in [0.25, 0.3) is 5.56 Å². The van der Waals surface area contributed by atoms with Crippen LogP contribution in [-0.2, 0) is 24.2 Å². The number of nitrogens with one attached hydrogen (secondary N) is 1. The van der Waals surface area contributed by atoms with Crippen molar-refractivity contribution >= 4 is 29.1 Å². The highest BCUT2D eigenvalue weighted by atomic mass is 35.5. The first kappa shape index (κ1) is 21.9. The van der Waals surface area contributed by atoms with Crippen LogP contribution in [0.5, 0.6) is 11.5 Å². The van der Waals surface area contributed by atoms with E-state index in [1.54, 1.807) is 4.90 Å². The third kappa shape index (κ3) is 4.96. The van der Waals surface area contributed by atoms with Gasteiger partial charge in [-0.2, -0.15) is 5.26 Å². The lowest BCUT2D eigenvalue weighted by Crippen LogP contribution is -2.32. The van der Waals surface area contributed by atoms with Crippen molar-refractivity contribution in [1.82, 2.24) is 9.88 Å². The highest BCUT2D eigenvalue weighted by Gasteiger charge is 2.20. The quantitative estimate of drug-likeness (QED) is 0.593. The smallest absolute Gasteiger partial charge is 0.270 e. The second-order valence-electron chi connectivity index (χ2n) is 7.56. The number of hydrogen-bond acceptors (Lipinski definition) is 4. The molecule has 3 aromatic rings. The number of aromatic amines is 1. The molecule has 1 aliphatic rings. The molecule has 2 heterocycles. The average Bonchev–Trinajstić information content (AvgIpc) is 2.99. The molecule has 0 unspecified atom stereocenters. The Morgan fingerprint density at radius 2 is 1.94 bits per heavy atom. The summed E-state index contributed by atoms with van der Waals surface area (Å²) in [6.07, 6.45) is 1.81. The van der Waals surface area contributed by atoms with E-state index in [4.69, 9.17) is 33.2 Å². The number of amides is 1. The summed E-state index contributed by atoms with van der Waals surface area (Å²) in [6, 6.07) is 16.1. The lowest BCUT2D eigenvalue weighted by atomic mass is 10.0. The van der Waals surface area contributed by atoms with Gasteiger partial charge in [0.1, 0.15) is 10.8 Å². The SMILES string of the molecule is N#Cc1cc(Cl)cc(Oc2cc(CC(=O)N3CCCc4ccccc4C3)[nH]c(=O)c2Cl)c1. The van der Waals surface area contributed by atoms with E-state index in [1.807, 2.05) is 24.3 Å². The van der Waals surface area contributed by atoms with Crippen molar-refractivity contribution in [2.75, 3.05) is 6.54 Å². The predicted octanol–water partition coefficient (Wildman–Crippen LogP) is 4.86. The average molecular weight is 468 g/mol. The van der Waals surface area contributed by atoms with Gasteiger partial charge in [-0.05, 0) is 42.2 Å². The highest BCUT2D eigenvalue weighted by Crippen LogP contribution is 2.30. The van der Waals surface area contributed by atoms with Gasteiger partial charge in [0.2, 0.25) is 5.91 Å². The molecular formula is C24H19Cl2N3O3. The molecule has 0 aliphatic carbocycles. The van der Waals surface area contributed by atoms with Gasteiger partial charge in [-0.15, -0.1) is 0 Å². The number of aromatic nitrogens is 1. The fourth-order valence-corrected chi connectivity index (χ4v) is 4.11. The number of nitrogens with zero attached hydrogens (tertiary/aromatic N) is 2. The predicted molar refractivity (Wildman–Crippen MR) is 122 cm³/mol. The van der Waals surface area contributed by atoms with Crippen LogP contribution in [0.4, 0.5) is 0 Å². The van der Waals surface area contributed by atoms with Crippen LogP contribution in [-0.4, -0.2) is 22.3 Å². The number of nitriles is 1. The Morgan fingerprint density at radius 1 is 1.16 bits per heavy atom. The molecule has 0 atom stereocenters. The number of aryl methyl sites for hydroxylation is 1. The van der Waals surface area contributed by atoms with Crippen molar-refractivity contribution in [2.24, 2.45) is 0 Å². The topological polar surface area (TPSA) is 86.2 Å². The standard InChI is InChI=1S/C24H19Cl2N3O3/c25-18-8-15(13-27)9-20(10-18)32-21-11-19(28-24(31)23(21)26)12-22(30)29-7-3-6-16-4-1-2-5-17(16)14-29/h1-2,4-5,8-11H,3,6-7,12,14H2,(H,28,31). The molecule has 1 N–H and O–H groups in total. The first-order valence-corrected chi connectivity index (χ1v) is 10.8. The lowest BCUT2D eigenvalue weighted by molar-refractivity contribution is -0.131. The lowest BCUT2D eigenvalue weighted by Gasteiger charge is -2.21. The maximum Gasteiger partial charge on any atom is 0.270 e. The number of carbonyl (C=O) groups is 1. The molecule has 1 aromatic heterocycles. The Morgan fingerprint density at radius 3 is 2.72 bits per heavy atom. The van der Waals surface area contributed by atoms with Crippen LogP contribution in [0.3, 0.4) is 0 Å². The molecule has 0 fully saturated rings. The summed E-state index contributed by atoms with van der Waals surface area (Å²) >= 11 is 12.1. The maximum atomic E-state index is 13.0. The number of halogens is 2. The third-order valence-corrected chi connectivity index (χ3v) is 5.85. The zero-order valence-corrected chi connectivity index (χ0v) is 18.5. The van der Waals surface area contributed by atoms with E-state index in [-0.39, 0.29) is 28.8 Å². The Balaban J connectivity index is 1.55. The van der Waals surface area contributed by atoms with Gasteiger partial charge < -0.3 is 14.6 Å². The Kier molecular flexibility index (Phi) is 6.50. The summed E-state index contributed by atoms with van der Waals surface area (Å²) in [6.45, 7) is 1.18. The summed E-state index contributed by atoms with van der Waals surface area (Å²) in [5, 5.41) is 9.28. The first-order chi connectivity index (χ1) is 15.4. The van der Waals surface area contributed by atoms with Gasteiger partial charge in [-0.25, -0.2) is 0 Å². The second kappa shape index (κ2) is 9.47. The van der Waals surface area contributed by atoms with Crippen LogP contribution in [0.15, 0.2) is 53.3 Å². The number of pyridine rings is 1. The molecule has 1 amide bonds. The Bertz CT molecular complexity index is 1280. The molecule has 8 heteroatoms. The first-order valence-electron chi connectivity index (χ1n) is 10.1. The largest absolute Gasteiger partial charge is 0.455 e. The molecule has 6 nitrogen and oxygen atoms in total. The van der Waals surface area contributed by atoms with E-state index in [9.17, 15) is 9.59 Å². The molecule has 0 saturated carbocycles. The molecule has 162 valence electrons. The summed E-state index contributed by atoms with van der Waals surface area (Å²) in [4.78, 5) is 29.8. The summed E-state index contributed by atoms with van der Waals surface area (Å²) in [5.74, 6) is 0.258. The summed E-state index contributed by atoms with van der Waals surface area (Å²) < 4.78 is 5.74. The van der Waals surface area contributed by atoms with Crippen molar-refractivity contribution in [2.45, 2.75) is 25.8 Å².